The number of rotatable bonds is 5. The van der Waals surface area contributed by atoms with Gasteiger partial charge < -0.3 is 9.80 Å². The molecule has 0 bridgehead atoms. The van der Waals surface area contributed by atoms with Gasteiger partial charge in [-0.3, -0.25) is 4.79 Å². The van der Waals surface area contributed by atoms with Gasteiger partial charge in [0.05, 0.1) is 0 Å². The van der Waals surface area contributed by atoms with Gasteiger partial charge in [0.15, 0.2) is 0 Å². The van der Waals surface area contributed by atoms with Crippen LogP contribution in [0, 0.1) is 17.8 Å². The Morgan fingerprint density at radius 1 is 0.933 bits per heavy atom. The summed E-state index contributed by atoms with van der Waals surface area (Å²) in [5.41, 5.74) is 3.00. The van der Waals surface area contributed by atoms with Crippen molar-refractivity contribution < 1.29 is 4.79 Å². The maximum atomic E-state index is 13.0. The van der Waals surface area contributed by atoms with Gasteiger partial charge in [0.1, 0.15) is 0 Å². The van der Waals surface area contributed by atoms with E-state index < -0.39 is 0 Å². The Morgan fingerprint density at radius 3 is 2.47 bits per heavy atom. The molecule has 0 N–H and O–H groups in total. The molecule has 0 radical (unpaired) electrons. The molecule has 5 rings (SSSR count). The highest BCUT2D eigenvalue weighted by atomic mass is 16.2. The normalized spacial score (nSPS) is 32.6. The summed E-state index contributed by atoms with van der Waals surface area (Å²) < 4.78 is 0. The number of carbonyl (C=O) groups excluding carboxylic acids is 1. The van der Waals surface area contributed by atoms with Crippen molar-refractivity contribution in [3.63, 3.8) is 0 Å². The summed E-state index contributed by atoms with van der Waals surface area (Å²) in [5.74, 6) is 2.89. The van der Waals surface area contributed by atoms with E-state index in [0.29, 0.717) is 23.7 Å². The number of carbonyl (C=O) groups is 1. The maximum absolute atomic E-state index is 13.0. The Balaban J connectivity index is 1.17. The summed E-state index contributed by atoms with van der Waals surface area (Å²) in [5, 5.41) is 0. The van der Waals surface area contributed by atoms with Crippen LogP contribution >= 0.6 is 0 Å². The average Bonchev–Trinajstić information content (AvgIpc) is 3.49. The molecule has 2 aliphatic heterocycles. The van der Waals surface area contributed by atoms with Gasteiger partial charge in [0.25, 0.3) is 0 Å². The predicted octanol–water partition coefficient (Wildman–Crippen LogP) is 5.25. The minimum absolute atomic E-state index is 0.327. The van der Waals surface area contributed by atoms with Crippen LogP contribution in [0.15, 0.2) is 24.3 Å². The Morgan fingerprint density at radius 2 is 1.73 bits per heavy atom. The number of amides is 1. The van der Waals surface area contributed by atoms with Crippen molar-refractivity contribution in [2.24, 2.45) is 17.8 Å². The van der Waals surface area contributed by atoms with E-state index in [1.165, 1.54) is 75.6 Å². The molecule has 3 heteroatoms. The lowest BCUT2D eigenvalue weighted by molar-refractivity contribution is -0.135. The van der Waals surface area contributed by atoms with Gasteiger partial charge in [-0.15, -0.1) is 0 Å². The fourth-order valence-electron chi connectivity index (χ4n) is 7.00. The molecule has 4 atom stereocenters. The first-order chi connectivity index (χ1) is 14.7. The van der Waals surface area contributed by atoms with Crippen LogP contribution in [-0.4, -0.2) is 47.9 Å². The first-order valence-corrected chi connectivity index (χ1v) is 12.8. The van der Waals surface area contributed by atoms with Gasteiger partial charge in [-0.05, 0) is 87.3 Å². The Bertz CT molecular complexity index is 723. The standard InChI is InChI=1S/C27H40N2O/c1-20-6-5-16-28(20)17-15-21-9-11-22(12-10-21)25-14-13-24-18-29(19-26(24)25)27(30)23-7-3-2-4-8-23/h9-12,20,23-26H,2-8,13-19H2,1H3/t20-,24-,25+,26+/m1/s1. The fourth-order valence-corrected chi connectivity index (χ4v) is 7.00. The Labute approximate surface area is 183 Å². The lowest BCUT2D eigenvalue weighted by atomic mass is 9.86. The molecule has 2 saturated heterocycles. The third kappa shape index (κ3) is 4.20. The first kappa shape index (κ1) is 20.5. The highest BCUT2D eigenvalue weighted by Gasteiger charge is 2.45. The van der Waals surface area contributed by atoms with Crippen molar-refractivity contribution in [2.45, 2.75) is 83.1 Å². The summed E-state index contributed by atoms with van der Waals surface area (Å²) >= 11 is 0. The maximum Gasteiger partial charge on any atom is 0.225 e. The SMILES string of the molecule is C[C@@H]1CCCN1CCc1ccc([C@@H]2CC[C@@H]3CN(C(=O)C4CCCCC4)C[C@@H]32)cc1. The number of fused-ring (bicyclic) bond motifs is 1. The summed E-state index contributed by atoms with van der Waals surface area (Å²) in [6.07, 6.45) is 12.6. The van der Waals surface area contributed by atoms with E-state index in [2.05, 4.69) is 41.0 Å². The summed E-state index contributed by atoms with van der Waals surface area (Å²) in [4.78, 5) is 17.9. The van der Waals surface area contributed by atoms with Crippen LogP contribution in [0.4, 0.5) is 0 Å². The molecule has 4 fully saturated rings. The number of benzene rings is 1. The van der Waals surface area contributed by atoms with Crippen LogP contribution in [0.5, 0.6) is 0 Å². The second-order valence-electron chi connectivity index (χ2n) is 10.7. The van der Waals surface area contributed by atoms with Crippen molar-refractivity contribution in [3.05, 3.63) is 35.4 Å². The average molecular weight is 409 g/mol. The highest BCUT2D eigenvalue weighted by molar-refractivity contribution is 5.79. The van der Waals surface area contributed by atoms with E-state index in [1.807, 2.05) is 0 Å². The van der Waals surface area contributed by atoms with Crippen LogP contribution in [0.3, 0.4) is 0 Å². The quantitative estimate of drug-likeness (QED) is 0.665. The van der Waals surface area contributed by atoms with E-state index in [1.54, 1.807) is 0 Å². The number of nitrogens with zero attached hydrogens (tertiary/aromatic N) is 2. The van der Waals surface area contributed by atoms with Crippen molar-refractivity contribution in [3.8, 4) is 0 Å². The van der Waals surface area contributed by atoms with Gasteiger partial charge in [-0.2, -0.15) is 0 Å². The van der Waals surface area contributed by atoms with Gasteiger partial charge in [0, 0.05) is 31.6 Å². The topological polar surface area (TPSA) is 23.6 Å². The summed E-state index contributed by atoms with van der Waals surface area (Å²) in [6.45, 7) is 6.89. The van der Waals surface area contributed by atoms with Crippen LogP contribution in [0.2, 0.25) is 0 Å². The fraction of sp³-hybridized carbons (Fsp3) is 0.741. The van der Waals surface area contributed by atoms with E-state index in [4.69, 9.17) is 0 Å². The molecule has 30 heavy (non-hydrogen) atoms. The zero-order valence-electron chi connectivity index (χ0n) is 18.9. The van der Waals surface area contributed by atoms with E-state index >= 15 is 0 Å². The Hall–Kier alpha value is -1.35. The molecule has 2 saturated carbocycles. The van der Waals surface area contributed by atoms with Crippen molar-refractivity contribution in [1.29, 1.82) is 0 Å². The minimum atomic E-state index is 0.327. The molecule has 2 heterocycles. The molecule has 1 aromatic rings. The molecule has 164 valence electrons. The van der Waals surface area contributed by atoms with Gasteiger partial charge in [-0.25, -0.2) is 0 Å². The predicted molar refractivity (Wildman–Crippen MR) is 123 cm³/mol. The van der Waals surface area contributed by atoms with E-state index in [0.717, 1.165) is 37.9 Å². The van der Waals surface area contributed by atoms with Crippen LogP contribution in [0.1, 0.15) is 81.8 Å². The van der Waals surface area contributed by atoms with Crippen molar-refractivity contribution in [2.75, 3.05) is 26.2 Å². The van der Waals surface area contributed by atoms with Gasteiger partial charge in [-0.1, -0.05) is 43.5 Å². The molecule has 0 aromatic heterocycles. The zero-order chi connectivity index (χ0) is 20.5. The molecule has 3 nitrogen and oxygen atoms in total. The van der Waals surface area contributed by atoms with Crippen LogP contribution in [-0.2, 0) is 11.2 Å². The molecule has 1 aromatic carbocycles. The molecular formula is C27H40N2O. The largest absolute Gasteiger partial charge is 0.342 e. The number of likely N-dealkylation sites (tertiary alicyclic amines) is 2. The molecule has 0 spiro atoms. The molecule has 0 unspecified atom stereocenters. The molecule has 1 amide bonds. The van der Waals surface area contributed by atoms with Crippen LogP contribution in [0.25, 0.3) is 0 Å². The van der Waals surface area contributed by atoms with E-state index in [-0.39, 0.29) is 0 Å². The first-order valence-electron chi connectivity index (χ1n) is 12.8. The number of hydrogen-bond acceptors (Lipinski definition) is 2. The zero-order valence-corrected chi connectivity index (χ0v) is 18.9. The van der Waals surface area contributed by atoms with Crippen LogP contribution < -0.4 is 0 Å². The smallest absolute Gasteiger partial charge is 0.225 e. The van der Waals surface area contributed by atoms with E-state index in [9.17, 15) is 4.79 Å². The minimum Gasteiger partial charge on any atom is -0.342 e. The second kappa shape index (κ2) is 9.02. The lowest BCUT2D eigenvalue weighted by Crippen LogP contribution is -2.36. The Kier molecular flexibility index (Phi) is 6.18. The second-order valence-corrected chi connectivity index (χ2v) is 10.7. The summed E-state index contributed by atoms with van der Waals surface area (Å²) in [7, 11) is 0. The lowest BCUT2D eigenvalue weighted by Gasteiger charge is -2.27. The van der Waals surface area contributed by atoms with Crippen molar-refractivity contribution in [1.82, 2.24) is 9.80 Å². The highest BCUT2D eigenvalue weighted by Crippen LogP contribution is 2.48. The van der Waals surface area contributed by atoms with Gasteiger partial charge >= 0.3 is 0 Å². The van der Waals surface area contributed by atoms with Gasteiger partial charge in [0.2, 0.25) is 5.91 Å². The number of hydrogen-bond donors (Lipinski definition) is 0. The molecular weight excluding hydrogens is 368 g/mol. The van der Waals surface area contributed by atoms with Crippen molar-refractivity contribution >= 4 is 5.91 Å². The molecule has 2 aliphatic carbocycles. The third-order valence-electron chi connectivity index (χ3n) is 8.91. The third-order valence-corrected chi connectivity index (χ3v) is 8.91. The summed E-state index contributed by atoms with van der Waals surface area (Å²) in [6, 6.07) is 10.3. The molecule has 4 aliphatic rings. The monoisotopic (exact) mass is 408 g/mol.